The Kier molecular flexibility index (Phi) is 2.81. The van der Waals surface area contributed by atoms with E-state index in [4.69, 9.17) is 0 Å². The lowest BCUT2D eigenvalue weighted by molar-refractivity contribution is -0.136. The van der Waals surface area contributed by atoms with Crippen molar-refractivity contribution in [3.63, 3.8) is 0 Å². The summed E-state index contributed by atoms with van der Waals surface area (Å²) in [6.45, 7) is 4.51. The zero-order valence-corrected chi connectivity index (χ0v) is 13.4. The smallest absolute Gasteiger partial charge is 0.106 e. The molecule has 3 atom stereocenters. The Balaban J connectivity index is 1.89. The number of aliphatic hydroxyl groups is 2. The van der Waals surface area contributed by atoms with Gasteiger partial charge in [0.05, 0.1) is 5.60 Å². The van der Waals surface area contributed by atoms with Crippen molar-refractivity contribution >= 4 is 10.9 Å². The molecule has 1 saturated heterocycles. The number of fused-ring (bicyclic) bond motifs is 2. The van der Waals surface area contributed by atoms with E-state index in [1.807, 2.05) is 26.0 Å². The van der Waals surface area contributed by atoms with E-state index in [0.717, 1.165) is 24.0 Å². The molecular weight excluding hydrogens is 276 g/mol. The number of benzene rings is 1. The minimum atomic E-state index is -0.896. The minimum absolute atomic E-state index is 0.0505. The maximum atomic E-state index is 11.6. The molecule has 4 heteroatoms. The Morgan fingerprint density at radius 1 is 1.36 bits per heavy atom. The maximum absolute atomic E-state index is 11.6. The SMILES string of the molecule is CN1C[C@H](C(C)(C)O)C[C@]2(O)c3cccc4[nH]cc(c34)C[C@@H]12. The number of H-pyrrole nitrogens is 1. The monoisotopic (exact) mass is 300 g/mol. The van der Waals surface area contributed by atoms with Crippen LogP contribution in [0.3, 0.4) is 0 Å². The lowest BCUT2D eigenvalue weighted by Gasteiger charge is -2.53. The van der Waals surface area contributed by atoms with E-state index in [9.17, 15) is 10.2 Å². The number of nitrogens with zero attached hydrogens (tertiary/aromatic N) is 1. The van der Waals surface area contributed by atoms with Gasteiger partial charge in [0, 0.05) is 35.6 Å². The molecule has 2 aromatic rings. The third-order valence-corrected chi connectivity index (χ3v) is 5.82. The number of rotatable bonds is 1. The number of likely N-dealkylation sites (N-methyl/N-ethyl adjacent to an activating group) is 1. The van der Waals surface area contributed by atoms with Gasteiger partial charge in [-0.15, -0.1) is 0 Å². The fourth-order valence-corrected chi connectivity index (χ4v) is 4.49. The van der Waals surface area contributed by atoms with Crippen molar-refractivity contribution in [3.05, 3.63) is 35.5 Å². The van der Waals surface area contributed by atoms with Crippen LogP contribution < -0.4 is 0 Å². The molecule has 0 radical (unpaired) electrons. The molecule has 0 amide bonds. The molecule has 1 aromatic heterocycles. The van der Waals surface area contributed by atoms with Crippen LogP contribution in [-0.2, 0) is 12.0 Å². The van der Waals surface area contributed by atoms with Crippen LogP contribution in [0.1, 0.15) is 31.4 Å². The van der Waals surface area contributed by atoms with E-state index >= 15 is 0 Å². The first-order valence-corrected chi connectivity index (χ1v) is 8.05. The van der Waals surface area contributed by atoms with E-state index < -0.39 is 11.2 Å². The van der Waals surface area contributed by atoms with Gasteiger partial charge in [0.15, 0.2) is 0 Å². The maximum Gasteiger partial charge on any atom is 0.106 e. The van der Waals surface area contributed by atoms with Crippen molar-refractivity contribution in [2.75, 3.05) is 13.6 Å². The van der Waals surface area contributed by atoms with Crippen molar-refractivity contribution in [2.45, 2.75) is 43.9 Å². The fraction of sp³-hybridized carbons (Fsp3) is 0.556. The second-order valence-corrected chi connectivity index (χ2v) is 7.68. The fourth-order valence-electron chi connectivity index (χ4n) is 4.49. The first kappa shape index (κ1) is 14.2. The summed E-state index contributed by atoms with van der Waals surface area (Å²) in [6.07, 6.45) is 3.53. The number of likely N-dealkylation sites (tertiary alicyclic amines) is 1. The molecule has 0 unspecified atom stereocenters. The van der Waals surface area contributed by atoms with Crippen LogP contribution in [0.2, 0.25) is 0 Å². The van der Waals surface area contributed by atoms with Crippen LogP contribution in [0.5, 0.6) is 0 Å². The van der Waals surface area contributed by atoms with E-state index in [0.29, 0.717) is 6.42 Å². The standard InChI is InChI=1S/C18H24N2O2/c1-17(2,21)12-8-18(22)13-5-4-6-14-16(13)11(9-19-14)7-15(18)20(3)10-12/h4-6,9,12,15,19,21-22H,7-8,10H2,1-3H3/t12-,15-,18+/m1/s1. The zero-order chi connectivity index (χ0) is 15.7. The Morgan fingerprint density at radius 2 is 2.14 bits per heavy atom. The van der Waals surface area contributed by atoms with Gasteiger partial charge in [-0.1, -0.05) is 12.1 Å². The average Bonchev–Trinajstić information content (AvgIpc) is 2.84. The van der Waals surface area contributed by atoms with Gasteiger partial charge in [-0.05, 0) is 50.9 Å². The highest BCUT2D eigenvalue weighted by molar-refractivity contribution is 5.88. The third-order valence-electron chi connectivity index (χ3n) is 5.82. The Hall–Kier alpha value is -1.36. The summed E-state index contributed by atoms with van der Waals surface area (Å²) in [5.41, 5.74) is 1.70. The Labute approximate surface area is 130 Å². The molecule has 2 heterocycles. The van der Waals surface area contributed by atoms with Crippen LogP contribution in [-0.4, -0.2) is 45.3 Å². The van der Waals surface area contributed by atoms with Crippen LogP contribution in [0.25, 0.3) is 10.9 Å². The molecule has 1 aliphatic heterocycles. The van der Waals surface area contributed by atoms with E-state index in [1.165, 1.54) is 10.9 Å². The molecule has 0 spiro atoms. The highest BCUT2D eigenvalue weighted by Crippen LogP contribution is 2.48. The number of aromatic nitrogens is 1. The Morgan fingerprint density at radius 3 is 2.86 bits per heavy atom. The second-order valence-electron chi connectivity index (χ2n) is 7.68. The van der Waals surface area contributed by atoms with E-state index in [2.05, 4.69) is 29.2 Å². The van der Waals surface area contributed by atoms with E-state index in [-0.39, 0.29) is 12.0 Å². The molecule has 4 nitrogen and oxygen atoms in total. The van der Waals surface area contributed by atoms with Crippen molar-refractivity contribution in [2.24, 2.45) is 5.92 Å². The number of piperidine rings is 1. The first-order chi connectivity index (χ1) is 10.3. The lowest BCUT2D eigenvalue weighted by atomic mass is 9.66. The van der Waals surface area contributed by atoms with Crippen molar-refractivity contribution in [3.8, 4) is 0 Å². The zero-order valence-electron chi connectivity index (χ0n) is 13.4. The summed E-state index contributed by atoms with van der Waals surface area (Å²) in [6, 6.07) is 6.18. The molecule has 2 aliphatic rings. The topological polar surface area (TPSA) is 59.5 Å². The highest BCUT2D eigenvalue weighted by atomic mass is 16.3. The average molecular weight is 300 g/mol. The largest absolute Gasteiger partial charge is 0.390 e. The van der Waals surface area contributed by atoms with Gasteiger partial charge in [-0.3, -0.25) is 4.90 Å². The summed E-state index contributed by atoms with van der Waals surface area (Å²) < 4.78 is 0. The number of aromatic amines is 1. The molecular formula is C18H24N2O2. The molecule has 1 aromatic carbocycles. The highest BCUT2D eigenvalue weighted by Gasteiger charge is 2.52. The third kappa shape index (κ3) is 1.81. The molecule has 1 fully saturated rings. The summed E-state index contributed by atoms with van der Waals surface area (Å²) in [5, 5.41) is 23.3. The number of hydrogen-bond acceptors (Lipinski definition) is 3. The van der Waals surface area contributed by atoms with Crippen LogP contribution in [0.4, 0.5) is 0 Å². The van der Waals surface area contributed by atoms with Gasteiger partial charge in [0.25, 0.3) is 0 Å². The van der Waals surface area contributed by atoms with E-state index in [1.54, 1.807) is 0 Å². The van der Waals surface area contributed by atoms with Crippen molar-refractivity contribution < 1.29 is 10.2 Å². The van der Waals surface area contributed by atoms with Crippen LogP contribution >= 0.6 is 0 Å². The van der Waals surface area contributed by atoms with Gasteiger partial charge >= 0.3 is 0 Å². The van der Waals surface area contributed by atoms with Crippen LogP contribution in [0, 0.1) is 5.92 Å². The van der Waals surface area contributed by atoms with Gasteiger partial charge in [0.1, 0.15) is 5.60 Å². The van der Waals surface area contributed by atoms with Gasteiger partial charge in [0.2, 0.25) is 0 Å². The predicted octanol–water partition coefficient (Wildman–Crippen LogP) is 2.00. The minimum Gasteiger partial charge on any atom is -0.390 e. The summed E-state index contributed by atoms with van der Waals surface area (Å²) in [4.78, 5) is 5.55. The van der Waals surface area contributed by atoms with Gasteiger partial charge in [-0.2, -0.15) is 0 Å². The second kappa shape index (κ2) is 4.34. The van der Waals surface area contributed by atoms with Crippen LogP contribution in [0.15, 0.2) is 24.4 Å². The first-order valence-electron chi connectivity index (χ1n) is 8.05. The summed E-state index contributed by atoms with van der Waals surface area (Å²) in [7, 11) is 2.06. The quantitative estimate of drug-likeness (QED) is 0.755. The number of hydrogen-bond donors (Lipinski definition) is 3. The predicted molar refractivity (Wildman–Crippen MR) is 86.7 cm³/mol. The summed E-state index contributed by atoms with van der Waals surface area (Å²) >= 11 is 0. The summed E-state index contributed by atoms with van der Waals surface area (Å²) in [5.74, 6) is 0.0505. The van der Waals surface area contributed by atoms with Gasteiger partial charge in [-0.25, -0.2) is 0 Å². The van der Waals surface area contributed by atoms with Crippen molar-refractivity contribution in [1.82, 2.24) is 9.88 Å². The molecule has 3 N–H and O–H groups in total. The number of nitrogens with one attached hydrogen (secondary N) is 1. The molecule has 0 bridgehead atoms. The van der Waals surface area contributed by atoms with Crippen molar-refractivity contribution in [1.29, 1.82) is 0 Å². The molecule has 1 aliphatic carbocycles. The lowest BCUT2D eigenvalue weighted by Crippen LogP contribution is -2.61. The molecule has 0 saturated carbocycles. The Bertz CT molecular complexity index is 730. The van der Waals surface area contributed by atoms with Gasteiger partial charge < -0.3 is 15.2 Å². The molecule has 4 rings (SSSR count). The normalized spacial score (nSPS) is 32.2. The molecule has 118 valence electrons. The molecule has 22 heavy (non-hydrogen) atoms.